The molecule has 2 rings (SSSR count). The summed E-state index contributed by atoms with van der Waals surface area (Å²) in [5, 5.41) is 3.14. The molecule has 1 fully saturated rings. The van der Waals surface area contributed by atoms with Crippen LogP contribution in [0.1, 0.15) is 18.4 Å². The Hall–Kier alpha value is -1.04. The third kappa shape index (κ3) is 3.25. The Morgan fingerprint density at radius 3 is 2.72 bits per heavy atom. The number of nitrogens with two attached hydrogens (primary N) is 1. The first kappa shape index (κ1) is 13.4. The molecule has 3 N–H and O–H groups in total. The van der Waals surface area contributed by atoms with E-state index >= 15 is 0 Å². The second kappa shape index (κ2) is 5.30. The number of nitrogens with one attached hydrogen (secondary N) is 1. The van der Waals surface area contributed by atoms with Gasteiger partial charge in [0.25, 0.3) is 0 Å². The van der Waals surface area contributed by atoms with Gasteiger partial charge in [0.05, 0.1) is 5.56 Å². The number of hydrogen-bond donors (Lipinski definition) is 2. The van der Waals surface area contributed by atoms with Gasteiger partial charge in [0.1, 0.15) is 0 Å². The Kier molecular flexibility index (Phi) is 3.94. The highest BCUT2D eigenvalue weighted by Crippen LogP contribution is 2.35. The van der Waals surface area contributed by atoms with Crippen LogP contribution in [0.5, 0.6) is 0 Å². The van der Waals surface area contributed by atoms with Gasteiger partial charge < -0.3 is 11.1 Å². The highest BCUT2D eigenvalue weighted by atomic mass is 32.2. The van der Waals surface area contributed by atoms with E-state index in [2.05, 4.69) is 5.32 Å². The summed E-state index contributed by atoms with van der Waals surface area (Å²) in [5.74, 6) is 2.07. The van der Waals surface area contributed by atoms with Crippen molar-refractivity contribution in [1.29, 1.82) is 0 Å². The maximum absolute atomic E-state index is 12.7. The molecule has 0 aliphatic carbocycles. The fourth-order valence-electron chi connectivity index (χ4n) is 1.98. The van der Waals surface area contributed by atoms with Gasteiger partial charge in [-0.05, 0) is 36.8 Å². The van der Waals surface area contributed by atoms with Crippen LogP contribution in [0.3, 0.4) is 0 Å². The predicted molar refractivity (Wildman–Crippen MR) is 69.8 cm³/mol. The molecule has 1 heterocycles. The number of rotatable bonds is 2. The SMILES string of the molecule is Nc1ccc(NC2CCCSC2)cc1C(F)(F)F. The lowest BCUT2D eigenvalue weighted by atomic mass is 10.1. The van der Waals surface area contributed by atoms with Crippen molar-refractivity contribution in [3.63, 3.8) is 0 Å². The van der Waals surface area contributed by atoms with Crippen LogP contribution in [0.2, 0.25) is 0 Å². The molecule has 2 nitrogen and oxygen atoms in total. The van der Waals surface area contributed by atoms with Crippen molar-refractivity contribution in [2.75, 3.05) is 22.6 Å². The molecule has 1 saturated heterocycles. The molecule has 1 aromatic rings. The molecular formula is C12H15F3N2S. The van der Waals surface area contributed by atoms with Crippen LogP contribution in [-0.2, 0) is 6.18 Å². The van der Waals surface area contributed by atoms with E-state index in [4.69, 9.17) is 5.73 Å². The number of benzene rings is 1. The number of alkyl halides is 3. The van der Waals surface area contributed by atoms with E-state index in [1.807, 2.05) is 11.8 Å². The van der Waals surface area contributed by atoms with Gasteiger partial charge in [0.2, 0.25) is 0 Å². The summed E-state index contributed by atoms with van der Waals surface area (Å²) < 4.78 is 38.1. The zero-order valence-corrected chi connectivity index (χ0v) is 10.6. The van der Waals surface area contributed by atoms with E-state index in [0.717, 1.165) is 30.4 Å². The highest BCUT2D eigenvalue weighted by Gasteiger charge is 2.33. The molecule has 0 radical (unpaired) electrons. The van der Waals surface area contributed by atoms with Crippen LogP contribution in [0.25, 0.3) is 0 Å². The first-order valence-electron chi connectivity index (χ1n) is 5.78. The minimum atomic E-state index is -4.40. The lowest BCUT2D eigenvalue weighted by Crippen LogP contribution is -2.25. The van der Waals surface area contributed by atoms with E-state index in [-0.39, 0.29) is 11.7 Å². The number of anilines is 2. The van der Waals surface area contributed by atoms with E-state index < -0.39 is 11.7 Å². The van der Waals surface area contributed by atoms with Gasteiger partial charge in [0, 0.05) is 23.2 Å². The van der Waals surface area contributed by atoms with Gasteiger partial charge in [-0.25, -0.2) is 0 Å². The molecule has 1 aromatic carbocycles. The number of halogens is 3. The van der Waals surface area contributed by atoms with Gasteiger partial charge >= 0.3 is 6.18 Å². The second-order valence-electron chi connectivity index (χ2n) is 4.36. The van der Waals surface area contributed by atoms with Crippen molar-refractivity contribution in [1.82, 2.24) is 0 Å². The van der Waals surface area contributed by atoms with Crippen molar-refractivity contribution in [2.24, 2.45) is 0 Å². The third-order valence-corrected chi connectivity index (χ3v) is 4.11. The normalized spacial score (nSPS) is 20.7. The van der Waals surface area contributed by atoms with Gasteiger partial charge in [-0.1, -0.05) is 0 Å². The Morgan fingerprint density at radius 1 is 1.33 bits per heavy atom. The van der Waals surface area contributed by atoms with Crippen LogP contribution in [0.15, 0.2) is 18.2 Å². The molecule has 0 amide bonds. The second-order valence-corrected chi connectivity index (χ2v) is 5.51. The first-order chi connectivity index (χ1) is 8.47. The number of nitrogen functional groups attached to an aromatic ring is 1. The average Bonchev–Trinajstić information content (AvgIpc) is 2.31. The summed E-state index contributed by atoms with van der Waals surface area (Å²) in [5.41, 5.74) is 4.85. The van der Waals surface area contributed by atoms with Crippen LogP contribution in [-0.4, -0.2) is 17.5 Å². The Labute approximate surface area is 108 Å². The predicted octanol–water partition coefficient (Wildman–Crippen LogP) is 3.60. The molecule has 0 aromatic heterocycles. The summed E-state index contributed by atoms with van der Waals surface area (Å²) in [7, 11) is 0. The van der Waals surface area contributed by atoms with Gasteiger partial charge in [0.15, 0.2) is 0 Å². The Balaban J connectivity index is 2.14. The minimum Gasteiger partial charge on any atom is -0.398 e. The van der Waals surface area contributed by atoms with Crippen LogP contribution in [0, 0.1) is 0 Å². The zero-order chi connectivity index (χ0) is 13.2. The summed E-state index contributed by atoms with van der Waals surface area (Å²) in [6.07, 6.45) is -2.30. The molecule has 0 spiro atoms. The summed E-state index contributed by atoms with van der Waals surface area (Å²) in [6, 6.07) is 4.24. The number of hydrogen-bond acceptors (Lipinski definition) is 3. The first-order valence-corrected chi connectivity index (χ1v) is 6.93. The van der Waals surface area contributed by atoms with E-state index in [9.17, 15) is 13.2 Å². The Bertz CT molecular complexity index is 414. The largest absolute Gasteiger partial charge is 0.418 e. The topological polar surface area (TPSA) is 38.0 Å². The Morgan fingerprint density at radius 2 is 2.11 bits per heavy atom. The van der Waals surface area contributed by atoms with Crippen LogP contribution < -0.4 is 11.1 Å². The molecule has 1 atom stereocenters. The fraction of sp³-hybridized carbons (Fsp3) is 0.500. The smallest absolute Gasteiger partial charge is 0.398 e. The summed E-state index contributed by atoms with van der Waals surface area (Å²) in [4.78, 5) is 0. The van der Waals surface area contributed by atoms with Crippen molar-refractivity contribution in [3.8, 4) is 0 Å². The molecule has 1 aliphatic rings. The molecule has 0 saturated carbocycles. The zero-order valence-electron chi connectivity index (χ0n) is 9.76. The number of thioether (sulfide) groups is 1. The van der Waals surface area contributed by atoms with Gasteiger partial charge in [-0.2, -0.15) is 24.9 Å². The fourth-order valence-corrected chi connectivity index (χ4v) is 3.05. The molecular weight excluding hydrogens is 261 g/mol. The minimum absolute atomic E-state index is 0.230. The highest BCUT2D eigenvalue weighted by molar-refractivity contribution is 7.99. The molecule has 1 unspecified atom stereocenters. The third-order valence-electron chi connectivity index (χ3n) is 2.89. The molecule has 6 heteroatoms. The average molecular weight is 276 g/mol. The van der Waals surface area contributed by atoms with Crippen molar-refractivity contribution < 1.29 is 13.2 Å². The lowest BCUT2D eigenvalue weighted by Gasteiger charge is -2.24. The van der Waals surface area contributed by atoms with E-state index in [0.29, 0.717) is 5.69 Å². The maximum Gasteiger partial charge on any atom is 0.418 e. The van der Waals surface area contributed by atoms with Crippen LogP contribution >= 0.6 is 11.8 Å². The van der Waals surface area contributed by atoms with Crippen molar-refractivity contribution >= 4 is 23.1 Å². The van der Waals surface area contributed by atoms with Gasteiger partial charge in [-0.3, -0.25) is 0 Å². The monoisotopic (exact) mass is 276 g/mol. The standard InChI is InChI=1S/C12H15F3N2S/c13-12(14,15)10-6-8(3-4-11(10)16)17-9-2-1-5-18-7-9/h3-4,6,9,17H,1-2,5,7,16H2. The molecule has 100 valence electrons. The van der Waals surface area contributed by atoms with Crippen molar-refractivity contribution in [2.45, 2.75) is 25.1 Å². The summed E-state index contributed by atoms with van der Waals surface area (Å²) in [6.45, 7) is 0. The van der Waals surface area contributed by atoms with Gasteiger partial charge in [-0.15, -0.1) is 0 Å². The quantitative estimate of drug-likeness (QED) is 0.811. The molecule has 18 heavy (non-hydrogen) atoms. The van der Waals surface area contributed by atoms with Crippen molar-refractivity contribution in [3.05, 3.63) is 23.8 Å². The molecule has 1 aliphatic heterocycles. The summed E-state index contributed by atoms with van der Waals surface area (Å²) >= 11 is 1.83. The molecule has 0 bridgehead atoms. The van der Waals surface area contributed by atoms with E-state index in [1.165, 1.54) is 6.07 Å². The lowest BCUT2D eigenvalue weighted by molar-refractivity contribution is -0.136. The van der Waals surface area contributed by atoms with E-state index in [1.54, 1.807) is 6.07 Å². The maximum atomic E-state index is 12.7. The van der Waals surface area contributed by atoms with Crippen LogP contribution in [0.4, 0.5) is 24.5 Å².